The first kappa shape index (κ1) is 24.3. The molecular formula is C20H19N5O8S2. The first-order chi connectivity index (χ1) is 16.7. The number of allylic oxidation sites excluding steroid dienone is 2. The van der Waals surface area contributed by atoms with Gasteiger partial charge in [0.1, 0.15) is 22.8 Å². The number of thiazole rings is 1. The molecule has 1 fully saturated rings. The van der Waals surface area contributed by atoms with Crippen molar-refractivity contribution in [3.63, 3.8) is 0 Å². The van der Waals surface area contributed by atoms with Gasteiger partial charge in [-0.05, 0) is 19.4 Å². The number of fused-ring (bicyclic) bond motifs is 1. The van der Waals surface area contributed by atoms with Crippen LogP contribution in [0.3, 0.4) is 0 Å². The first-order valence-corrected chi connectivity index (χ1v) is 12.0. The highest BCUT2D eigenvalue weighted by Crippen LogP contribution is 2.41. The third-order valence-corrected chi connectivity index (χ3v) is 7.07. The van der Waals surface area contributed by atoms with Crippen molar-refractivity contribution in [2.75, 3.05) is 11.5 Å². The topological polar surface area (TPSA) is 191 Å². The second-order valence-corrected chi connectivity index (χ2v) is 9.26. The van der Waals surface area contributed by atoms with E-state index >= 15 is 0 Å². The number of hydrogen-bond donors (Lipinski definition) is 3. The number of aryl methyl sites for hydroxylation is 1. The van der Waals surface area contributed by atoms with Gasteiger partial charge < -0.3 is 29.8 Å². The van der Waals surface area contributed by atoms with Crippen LogP contribution >= 0.6 is 23.1 Å². The van der Waals surface area contributed by atoms with E-state index in [2.05, 4.69) is 15.5 Å². The summed E-state index contributed by atoms with van der Waals surface area (Å²) in [4.78, 5) is 55.0. The van der Waals surface area contributed by atoms with Crippen molar-refractivity contribution in [1.29, 1.82) is 0 Å². The molecule has 1 saturated heterocycles. The van der Waals surface area contributed by atoms with Crippen LogP contribution in [0.4, 0.5) is 5.13 Å². The average molecular weight is 522 g/mol. The lowest BCUT2D eigenvalue weighted by molar-refractivity contribution is -0.153. The van der Waals surface area contributed by atoms with E-state index in [-0.39, 0.29) is 34.6 Å². The average Bonchev–Trinajstić information content (AvgIpc) is 3.39. The molecule has 4 N–H and O–H groups in total. The monoisotopic (exact) mass is 521 g/mol. The Hall–Kier alpha value is -3.85. The van der Waals surface area contributed by atoms with Gasteiger partial charge in [-0.25, -0.2) is 14.6 Å². The van der Waals surface area contributed by atoms with Crippen LogP contribution in [0.15, 0.2) is 47.6 Å². The van der Waals surface area contributed by atoms with Gasteiger partial charge in [-0.3, -0.25) is 14.5 Å². The quantitative estimate of drug-likeness (QED) is 0.153. The van der Waals surface area contributed by atoms with E-state index in [1.807, 2.05) is 0 Å². The summed E-state index contributed by atoms with van der Waals surface area (Å²) in [7, 11) is 0. The SMILES string of the molecule is C/C=C\C1=C(C(=O)OCc2oc(=O)oc2C)N2C(=O)C(NC(=O)/C(=N\O)c3csc(N)n3)[C@@H]2SC1. The van der Waals surface area contributed by atoms with Crippen molar-refractivity contribution in [3.05, 3.63) is 56.6 Å². The van der Waals surface area contributed by atoms with Gasteiger partial charge >= 0.3 is 11.8 Å². The minimum absolute atomic E-state index is 0.0224. The highest BCUT2D eigenvalue weighted by Gasteiger charge is 2.54. The Kier molecular flexibility index (Phi) is 6.79. The van der Waals surface area contributed by atoms with Gasteiger partial charge in [0.25, 0.3) is 11.8 Å². The fourth-order valence-corrected chi connectivity index (χ4v) is 5.35. The maximum Gasteiger partial charge on any atom is 0.519 e. The summed E-state index contributed by atoms with van der Waals surface area (Å²) in [5.74, 6) is -2.51. The van der Waals surface area contributed by atoms with E-state index in [0.717, 1.165) is 11.3 Å². The van der Waals surface area contributed by atoms with Crippen LogP contribution in [-0.2, 0) is 25.7 Å². The molecule has 4 heterocycles. The number of anilines is 1. The van der Waals surface area contributed by atoms with Crippen LogP contribution in [-0.4, -0.2) is 55.8 Å². The molecule has 2 aromatic rings. The van der Waals surface area contributed by atoms with Crippen LogP contribution < -0.4 is 16.9 Å². The molecule has 2 aliphatic rings. The maximum absolute atomic E-state index is 13.0. The molecule has 1 unspecified atom stereocenters. The number of oxime groups is 1. The van der Waals surface area contributed by atoms with Crippen molar-refractivity contribution < 1.29 is 33.2 Å². The Morgan fingerprint density at radius 2 is 2.20 bits per heavy atom. The van der Waals surface area contributed by atoms with Gasteiger partial charge in [-0.15, -0.1) is 23.1 Å². The molecule has 15 heteroatoms. The summed E-state index contributed by atoms with van der Waals surface area (Å²) >= 11 is 2.40. The van der Waals surface area contributed by atoms with Crippen molar-refractivity contribution in [1.82, 2.24) is 15.2 Å². The van der Waals surface area contributed by atoms with Crippen molar-refractivity contribution in [2.45, 2.75) is 31.9 Å². The summed E-state index contributed by atoms with van der Waals surface area (Å²) in [5, 5.41) is 15.8. The minimum atomic E-state index is -0.982. The Morgan fingerprint density at radius 3 is 2.80 bits per heavy atom. The molecule has 2 aliphatic heterocycles. The number of ether oxygens (including phenoxy) is 1. The molecule has 184 valence electrons. The normalized spacial score (nSPS) is 20.1. The highest BCUT2D eigenvalue weighted by atomic mass is 32.2. The summed E-state index contributed by atoms with van der Waals surface area (Å²) in [6.07, 6.45) is 3.40. The summed E-state index contributed by atoms with van der Waals surface area (Å²) in [5.41, 5.74) is 5.81. The number of esters is 1. The Balaban J connectivity index is 1.51. The predicted molar refractivity (Wildman–Crippen MR) is 123 cm³/mol. The Labute approximate surface area is 205 Å². The fraction of sp³-hybridized carbons (Fsp3) is 0.300. The first-order valence-electron chi connectivity index (χ1n) is 10.1. The molecule has 4 rings (SSSR count). The van der Waals surface area contributed by atoms with Crippen molar-refractivity contribution >= 4 is 51.7 Å². The number of hydrogen-bond acceptors (Lipinski definition) is 13. The third-order valence-electron chi connectivity index (χ3n) is 5.10. The number of rotatable bonds is 7. The lowest BCUT2D eigenvalue weighted by atomic mass is 10.0. The van der Waals surface area contributed by atoms with E-state index in [1.54, 1.807) is 19.1 Å². The van der Waals surface area contributed by atoms with Crippen LogP contribution in [0.5, 0.6) is 0 Å². The number of carbonyl (C=O) groups excluding carboxylic acids is 3. The summed E-state index contributed by atoms with van der Waals surface area (Å²) < 4.78 is 14.9. The zero-order valence-electron chi connectivity index (χ0n) is 18.3. The number of thioether (sulfide) groups is 1. The molecule has 2 aromatic heterocycles. The molecule has 0 saturated carbocycles. The van der Waals surface area contributed by atoms with Gasteiger partial charge in [-0.1, -0.05) is 17.3 Å². The number of nitrogens with two attached hydrogens (primary N) is 1. The molecule has 0 aliphatic carbocycles. The smallest absolute Gasteiger partial charge is 0.453 e. The number of carbonyl (C=O) groups is 3. The predicted octanol–water partition coefficient (Wildman–Crippen LogP) is 0.732. The van der Waals surface area contributed by atoms with E-state index in [4.69, 9.17) is 19.3 Å². The van der Waals surface area contributed by atoms with E-state index in [9.17, 15) is 24.4 Å². The van der Waals surface area contributed by atoms with Crippen LogP contribution in [0.25, 0.3) is 0 Å². The number of aromatic nitrogens is 1. The summed E-state index contributed by atoms with van der Waals surface area (Å²) in [6.45, 7) is 2.89. The van der Waals surface area contributed by atoms with Gasteiger partial charge in [-0.2, -0.15) is 0 Å². The lowest BCUT2D eigenvalue weighted by Gasteiger charge is -2.49. The highest BCUT2D eigenvalue weighted by molar-refractivity contribution is 8.00. The number of nitrogen functional groups attached to an aromatic ring is 1. The van der Waals surface area contributed by atoms with Crippen molar-refractivity contribution in [2.24, 2.45) is 5.16 Å². The van der Waals surface area contributed by atoms with E-state index in [1.165, 1.54) is 29.0 Å². The number of amides is 2. The van der Waals surface area contributed by atoms with Crippen LogP contribution in [0, 0.1) is 6.92 Å². The molecule has 35 heavy (non-hydrogen) atoms. The number of nitrogens with zero attached hydrogens (tertiary/aromatic N) is 3. The molecule has 0 bridgehead atoms. The van der Waals surface area contributed by atoms with Gasteiger partial charge in [0.05, 0.1) is 0 Å². The number of β-lactam (4-membered cyclic amide) rings is 1. The van der Waals surface area contributed by atoms with Gasteiger partial charge in [0, 0.05) is 11.1 Å². The second-order valence-electron chi connectivity index (χ2n) is 7.26. The Bertz CT molecular complexity index is 1340. The van der Waals surface area contributed by atoms with E-state index in [0.29, 0.717) is 11.3 Å². The van der Waals surface area contributed by atoms with Gasteiger partial charge in [0.2, 0.25) is 0 Å². The zero-order valence-corrected chi connectivity index (χ0v) is 20.0. The molecule has 2 atom stereocenters. The largest absolute Gasteiger partial charge is 0.519 e. The molecule has 0 spiro atoms. The molecule has 2 amide bonds. The maximum atomic E-state index is 13.0. The molecule has 0 radical (unpaired) electrons. The zero-order chi connectivity index (χ0) is 25.3. The minimum Gasteiger partial charge on any atom is -0.453 e. The molecular weight excluding hydrogens is 502 g/mol. The van der Waals surface area contributed by atoms with Crippen LogP contribution in [0.2, 0.25) is 0 Å². The molecule has 13 nitrogen and oxygen atoms in total. The van der Waals surface area contributed by atoms with Gasteiger partial charge in [0.15, 0.2) is 29.0 Å². The summed E-state index contributed by atoms with van der Waals surface area (Å²) in [6, 6.07) is -0.982. The van der Waals surface area contributed by atoms with Crippen molar-refractivity contribution in [3.8, 4) is 0 Å². The van der Waals surface area contributed by atoms with Crippen LogP contribution in [0.1, 0.15) is 24.1 Å². The lowest BCUT2D eigenvalue weighted by Crippen LogP contribution is -2.71. The molecule has 0 aromatic carbocycles. The fourth-order valence-electron chi connectivity index (χ4n) is 3.49. The Morgan fingerprint density at radius 1 is 1.43 bits per heavy atom. The van der Waals surface area contributed by atoms with E-state index < -0.39 is 40.7 Å². The third kappa shape index (κ3) is 4.59. The standard InChI is InChI=1S/C20H19N5O8S2/c1-3-4-9-6-34-17-13(23-15(26)12(24-30)10-7-35-19(21)22-10)16(27)25(17)14(9)18(28)31-5-11-8(2)32-20(29)33-11/h3-4,7,13,17,30H,5-6H2,1-2H3,(H2,21,22)(H,23,26)/b4-3-,24-12-/t13?,17-/m0/s1. The number of nitrogens with one attached hydrogen (secondary N) is 1. The second kappa shape index (κ2) is 9.79.